The van der Waals surface area contributed by atoms with Crippen molar-refractivity contribution in [2.45, 2.75) is 6.42 Å². The molecular weight excluding hydrogens is 236 g/mol. The number of benzene rings is 1. The number of carbonyl (C=O) groups is 1. The Morgan fingerprint density at radius 1 is 1.50 bits per heavy atom. The lowest BCUT2D eigenvalue weighted by atomic mass is 10.1. The van der Waals surface area contributed by atoms with Gasteiger partial charge in [0.1, 0.15) is 11.4 Å². The zero-order valence-electron chi connectivity index (χ0n) is 9.70. The van der Waals surface area contributed by atoms with Crippen molar-refractivity contribution in [1.82, 2.24) is 0 Å². The summed E-state index contributed by atoms with van der Waals surface area (Å²) < 4.78 is 0. The maximum absolute atomic E-state index is 11.1. The maximum Gasteiger partial charge on any atom is 0.315 e. The number of rotatable bonds is 3. The van der Waals surface area contributed by atoms with Crippen LogP contribution in [0.15, 0.2) is 18.2 Å². The number of hydrogen-bond acceptors (Lipinski definition) is 5. The molecule has 1 fully saturated rings. The second-order valence-corrected chi connectivity index (χ2v) is 4.31. The van der Waals surface area contributed by atoms with Gasteiger partial charge in [0.05, 0.1) is 10.8 Å². The number of nitro groups is 1. The monoisotopic (exact) mass is 250 g/mol. The van der Waals surface area contributed by atoms with Gasteiger partial charge in [-0.2, -0.15) is 0 Å². The van der Waals surface area contributed by atoms with Crippen LogP contribution in [-0.4, -0.2) is 23.9 Å². The van der Waals surface area contributed by atoms with Crippen LogP contribution in [0.3, 0.4) is 0 Å². The molecule has 0 aromatic heterocycles. The molecule has 0 bridgehead atoms. The van der Waals surface area contributed by atoms with Crippen LogP contribution in [0, 0.1) is 16.0 Å². The molecule has 0 aliphatic carbocycles. The van der Waals surface area contributed by atoms with Gasteiger partial charge in [-0.1, -0.05) is 6.07 Å². The molecule has 1 heterocycles. The van der Waals surface area contributed by atoms with E-state index in [2.05, 4.69) is 0 Å². The summed E-state index contributed by atoms with van der Waals surface area (Å²) >= 11 is 0. The zero-order chi connectivity index (χ0) is 13.3. The molecule has 1 saturated heterocycles. The van der Waals surface area contributed by atoms with Crippen LogP contribution in [0.2, 0.25) is 0 Å². The quantitative estimate of drug-likeness (QED) is 0.460. The first-order valence-electron chi connectivity index (χ1n) is 5.58. The molecule has 1 aliphatic rings. The molecule has 7 heteroatoms. The molecule has 1 aromatic rings. The summed E-state index contributed by atoms with van der Waals surface area (Å²) in [6, 6.07) is 4.79. The van der Waals surface area contributed by atoms with E-state index in [0.29, 0.717) is 25.2 Å². The smallest absolute Gasteiger partial charge is 0.315 e. The molecule has 1 aromatic carbocycles. The summed E-state index contributed by atoms with van der Waals surface area (Å²) in [7, 11) is 0. The molecular formula is C11H14N4O3. The molecule has 1 unspecified atom stereocenters. The molecule has 1 amide bonds. The highest BCUT2D eigenvalue weighted by Crippen LogP contribution is 2.36. The Balaban J connectivity index is 2.32. The number of nitro benzene ring substituents is 1. The Morgan fingerprint density at radius 2 is 2.22 bits per heavy atom. The summed E-state index contributed by atoms with van der Waals surface area (Å²) in [6.45, 7) is 0.970. The van der Waals surface area contributed by atoms with Crippen molar-refractivity contribution in [2.75, 3.05) is 23.7 Å². The average Bonchev–Trinajstić information content (AvgIpc) is 2.77. The van der Waals surface area contributed by atoms with E-state index in [1.54, 1.807) is 17.0 Å². The molecule has 7 nitrogen and oxygen atoms in total. The van der Waals surface area contributed by atoms with Crippen LogP contribution in [0.5, 0.6) is 0 Å². The fourth-order valence-electron chi connectivity index (χ4n) is 2.21. The molecule has 18 heavy (non-hydrogen) atoms. The van der Waals surface area contributed by atoms with Gasteiger partial charge < -0.3 is 16.4 Å². The van der Waals surface area contributed by atoms with Gasteiger partial charge >= 0.3 is 5.69 Å². The number of primary amides is 1. The highest BCUT2D eigenvalue weighted by molar-refractivity contribution is 5.80. The molecule has 0 saturated carbocycles. The number of anilines is 2. The second-order valence-electron chi connectivity index (χ2n) is 4.31. The lowest BCUT2D eigenvalue weighted by Crippen LogP contribution is -2.27. The van der Waals surface area contributed by atoms with E-state index in [1.165, 1.54) is 6.07 Å². The topological polar surface area (TPSA) is 115 Å². The Morgan fingerprint density at radius 3 is 2.78 bits per heavy atom. The Labute approximate surface area is 104 Å². The summed E-state index contributed by atoms with van der Waals surface area (Å²) in [6.07, 6.45) is 0.612. The van der Waals surface area contributed by atoms with Crippen molar-refractivity contribution in [3.8, 4) is 0 Å². The largest absolute Gasteiger partial charge is 0.393 e. The minimum atomic E-state index is -0.498. The van der Waals surface area contributed by atoms with E-state index in [1.807, 2.05) is 0 Å². The number of nitrogen functional groups attached to an aromatic ring is 1. The van der Waals surface area contributed by atoms with Crippen LogP contribution in [-0.2, 0) is 4.79 Å². The third-order valence-corrected chi connectivity index (χ3v) is 3.16. The molecule has 0 spiro atoms. The zero-order valence-corrected chi connectivity index (χ0v) is 9.70. The number of nitrogens with two attached hydrogens (primary N) is 2. The molecule has 96 valence electrons. The first kappa shape index (κ1) is 12.2. The standard InChI is InChI=1S/C11H14N4O3/c12-8-2-1-3-9(10(8)15(17)18)14-5-4-7(6-14)11(13)16/h1-3,7H,4-6,12H2,(H2,13,16). The van der Waals surface area contributed by atoms with Crippen molar-refractivity contribution < 1.29 is 9.72 Å². The van der Waals surface area contributed by atoms with Crippen LogP contribution >= 0.6 is 0 Å². The molecule has 1 aliphatic heterocycles. The van der Waals surface area contributed by atoms with Crippen molar-refractivity contribution in [3.05, 3.63) is 28.3 Å². The number of carbonyl (C=O) groups excluding carboxylic acids is 1. The fourth-order valence-corrected chi connectivity index (χ4v) is 2.21. The highest BCUT2D eigenvalue weighted by Gasteiger charge is 2.31. The van der Waals surface area contributed by atoms with Gasteiger partial charge in [0, 0.05) is 13.1 Å². The van der Waals surface area contributed by atoms with Gasteiger partial charge in [0.2, 0.25) is 5.91 Å². The molecule has 0 radical (unpaired) electrons. The summed E-state index contributed by atoms with van der Waals surface area (Å²) in [4.78, 5) is 23.4. The molecule has 2 rings (SSSR count). The Bertz CT molecular complexity index is 503. The van der Waals surface area contributed by atoms with Crippen LogP contribution in [0.4, 0.5) is 17.1 Å². The Kier molecular flexibility index (Phi) is 3.05. The maximum atomic E-state index is 11.1. The number of hydrogen-bond donors (Lipinski definition) is 2. The van der Waals surface area contributed by atoms with Gasteiger partial charge in [-0.3, -0.25) is 14.9 Å². The van der Waals surface area contributed by atoms with E-state index in [4.69, 9.17) is 11.5 Å². The fraction of sp³-hybridized carbons (Fsp3) is 0.364. The lowest BCUT2D eigenvalue weighted by Gasteiger charge is -2.18. The number of para-hydroxylation sites is 1. The molecule has 4 N–H and O–H groups in total. The van der Waals surface area contributed by atoms with E-state index in [9.17, 15) is 14.9 Å². The predicted octanol–water partition coefficient (Wildman–Crippen LogP) is 0.489. The summed E-state index contributed by atoms with van der Waals surface area (Å²) in [5, 5.41) is 11.0. The van der Waals surface area contributed by atoms with Gasteiger partial charge in [-0.25, -0.2) is 0 Å². The average molecular weight is 250 g/mol. The minimum Gasteiger partial charge on any atom is -0.393 e. The lowest BCUT2D eigenvalue weighted by molar-refractivity contribution is -0.383. The number of amides is 1. The normalized spacial score (nSPS) is 18.9. The third-order valence-electron chi connectivity index (χ3n) is 3.16. The van der Waals surface area contributed by atoms with Crippen LogP contribution in [0.25, 0.3) is 0 Å². The summed E-state index contributed by atoms with van der Waals surface area (Å²) in [5.74, 6) is -0.630. The van der Waals surface area contributed by atoms with Crippen molar-refractivity contribution in [2.24, 2.45) is 11.7 Å². The first-order chi connectivity index (χ1) is 8.50. The summed E-state index contributed by atoms with van der Waals surface area (Å²) in [5.41, 5.74) is 11.3. The predicted molar refractivity (Wildman–Crippen MR) is 67.0 cm³/mol. The Hall–Kier alpha value is -2.31. The number of nitrogens with zero attached hydrogens (tertiary/aromatic N) is 2. The highest BCUT2D eigenvalue weighted by atomic mass is 16.6. The van der Waals surface area contributed by atoms with Gasteiger partial charge in [-0.15, -0.1) is 0 Å². The van der Waals surface area contributed by atoms with Crippen LogP contribution < -0.4 is 16.4 Å². The van der Waals surface area contributed by atoms with E-state index in [0.717, 1.165) is 0 Å². The third kappa shape index (κ3) is 2.06. The van der Waals surface area contributed by atoms with Crippen molar-refractivity contribution >= 4 is 23.0 Å². The first-order valence-corrected chi connectivity index (χ1v) is 5.58. The molecule has 1 atom stereocenters. The van der Waals surface area contributed by atoms with Crippen molar-refractivity contribution in [3.63, 3.8) is 0 Å². The van der Waals surface area contributed by atoms with E-state index in [-0.39, 0.29) is 23.2 Å². The van der Waals surface area contributed by atoms with E-state index < -0.39 is 4.92 Å². The van der Waals surface area contributed by atoms with Gasteiger partial charge in [-0.05, 0) is 18.6 Å². The van der Waals surface area contributed by atoms with Crippen LogP contribution in [0.1, 0.15) is 6.42 Å². The van der Waals surface area contributed by atoms with Gasteiger partial charge in [0.25, 0.3) is 0 Å². The van der Waals surface area contributed by atoms with E-state index >= 15 is 0 Å². The second kappa shape index (κ2) is 4.52. The minimum absolute atomic E-state index is 0.109. The van der Waals surface area contributed by atoms with Crippen molar-refractivity contribution in [1.29, 1.82) is 0 Å². The SMILES string of the molecule is NC(=O)C1CCN(c2cccc(N)c2[N+](=O)[O-])C1. The van der Waals surface area contributed by atoms with Gasteiger partial charge in [0.15, 0.2) is 0 Å².